The standard InChI is InChI=1S/C5H6N4.2ClH/c1-9-5(2-3-6)7-4-8-9;;/h4H,2H2,1H3;2*1H. The molecule has 62 valence electrons. The number of halogens is 2. The highest BCUT2D eigenvalue weighted by atomic mass is 35.5. The molecule has 1 aromatic heterocycles. The molecule has 0 aliphatic rings. The van der Waals surface area contributed by atoms with E-state index in [2.05, 4.69) is 10.1 Å². The second kappa shape index (κ2) is 5.96. The Kier molecular flexibility index (Phi) is 6.96. The van der Waals surface area contributed by atoms with Gasteiger partial charge in [-0.1, -0.05) is 0 Å². The van der Waals surface area contributed by atoms with Gasteiger partial charge in [0.15, 0.2) is 0 Å². The van der Waals surface area contributed by atoms with E-state index in [9.17, 15) is 0 Å². The van der Waals surface area contributed by atoms with E-state index in [0.29, 0.717) is 12.2 Å². The predicted octanol–water partition coefficient (Wildman–Crippen LogP) is 0.725. The van der Waals surface area contributed by atoms with Crippen molar-refractivity contribution in [2.75, 3.05) is 0 Å². The Morgan fingerprint density at radius 3 is 2.64 bits per heavy atom. The molecule has 0 N–H and O–H groups in total. The second-order valence-corrected chi connectivity index (χ2v) is 1.63. The number of hydrogen-bond donors (Lipinski definition) is 0. The first-order valence-electron chi connectivity index (χ1n) is 2.54. The normalized spacial score (nSPS) is 7.27. The van der Waals surface area contributed by atoms with Gasteiger partial charge in [0.1, 0.15) is 12.2 Å². The van der Waals surface area contributed by atoms with E-state index < -0.39 is 0 Å². The lowest BCUT2D eigenvalue weighted by Gasteiger charge is -1.89. The van der Waals surface area contributed by atoms with Crippen LogP contribution >= 0.6 is 24.8 Å². The first-order chi connectivity index (χ1) is 4.34. The first-order valence-corrected chi connectivity index (χ1v) is 2.54. The molecule has 0 fully saturated rings. The summed E-state index contributed by atoms with van der Waals surface area (Å²) in [5.74, 6) is 0.706. The highest BCUT2D eigenvalue weighted by Gasteiger charge is 1.95. The van der Waals surface area contributed by atoms with Crippen LogP contribution in [0.4, 0.5) is 0 Å². The Morgan fingerprint density at radius 1 is 1.64 bits per heavy atom. The number of nitriles is 1. The summed E-state index contributed by atoms with van der Waals surface area (Å²) < 4.78 is 1.59. The average Bonchev–Trinajstić information content (AvgIpc) is 2.18. The smallest absolute Gasteiger partial charge is 0.140 e. The quantitative estimate of drug-likeness (QED) is 0.663. The fourth-order valence-electron chi connectivity index (χ4n) is 0.551. The van der Waals surface area contributed by atoms with Gasteiger partial charge in [0.25, 0.3) is 0 Å². The summed E-state index contributed by atoms with van der Waals surface area (Å²) in [4.78, 5) is 3.83. The molecule has 0 saturated heterocycles. The monoisotopic (exact) mass is 194 g/mol. The van der Waals surface area contributed by atoms with Crippen LogP contribution in [0.15, 0.2) is 6.33 Å². The van der Waals surface area contributed by atoms with Gasteiger partial charge in [0.05, 0.1) is 12.5 Å². The van der Waals surface area contributed by atoms with E-state index >= 15 is 0 Å². The van der Waals surface area contributed by atoms with Crippen molar-refractivity contribution in [3.05, 3.63) is 12.2 Å². The molecule has 0 spiro atoms. The molecule has 1 rings (SSSR count). The Morgan fingerprint density at radius 2 is 2.27 bits per heavy atom. The number of aryl methyl sites for hydroxylation is 1. The van der Waals surface area contributed by atoms with Crippen molar-refractivity contribution in [2.45, 2.75) is 6.42 Å². The van der Waals surface area contributed by atoms with Crippen molar-refractivity contribution >= 4 is 24.8 Å². The molecule has 0 aromatic carbocycles. The zero-order chi connectivity index (χ0) is 6.69. The van der Waals surface area contributed by atoms with Gasteiger partial charge in [-0.2, -0.15) is 10.4 Å². The zero-order valence-electron chi connectivity index (χ0n) is 5.89. The number of nitrogens with zero attached hydrogens (tertiary/aromatic N) is 4. The van der Waals surface area contributed by atoms with Crippen LogP contribution in [0.5, 0.6) is 0 Å². The van der Waals surface area contributed by atoms with Gasteiger partial charge in [0.2, 0.25) is 0 Å². The third-order valence-electron chi connectivity index (χ3n) is 1.04. The molecule has 1 heterocycles. The fraction of sp³-hybridized carbons (Fsp3) is 0.400. The minimum Gasteiger partial charge on any atom is -0.252 e. The van der Waals surface area contributed by atoms with Crippen LogP contribution in [0.2, 0.25) is 0 Å². The van der Waals surface area contributed by atoms with Crippen molar-refractivity contribution in [1.82, 2.24) is 14.8 Å². The van der Waals surface area contributed by atoms with E-state index in [1.165, 1.54) is 6.33 Å². The van der Waals surface area contributed by atoms with Crippen LogP contribution in [0.25, 0.3) is 0 Å². The van der Waals surface area contributed by atoms with E-state index in [4.69, 9.17) is 5.26 Å². The SMILES string of the molecule is Cl.Cl.Cn1ncnc1CC#N. The Bertz CT molecular complexity index is 239. The molecule has 0 amide bonds. The highest BCUT2D eigenvalue weighted by Crippen LogP contribution is 1.88. The molecule has 0 saturated carbocycles. The summed E-state index contributed by atoms with van der Waals surface area (Å²) in [7, 11) is 1.76. The van der Waals surface area contributed by atoms with Crippen molar-refractivity contribution in [1.29, 1.82) is 5.26 Å². The predicted molar refractivity (Wildman–Crippen MR) is 44.8 cm³/mol. The van der Waals surface area contributed by atoms with Crippen LogP contribution in [0.3, 0.4) is 0 Å². The minimum atomic E-state index is 0. The van der Waals surface area contributed by atoms with Gasteiger partial charge < -0.3 is 0 Å². The zero-order valence-corrected chi connectivity index (χ0v) is 7.52. The topological polar surface area (TPSA) is 54.5 Å². The van der Waals surface area contributed by atoms with Crippen LogP contribution in [-0.2, 0) is 13.5 Å². The molecule has 0 aliphatic carbocycles. The molecule has 4 nitrogen and oxygen atoms in total. The van der Waals surface area contributed by atoms with Gasteiger partial charge in [-0.3, -0.25) is 4.68 Å². The Balaban J connectivity index is 0. The number of aromatic nitrogens is 3. The lowest BCUT2D eigenvalue weighted by Crippen LogP contribution is -1.97. The molecule has 0 unspecified atom stereocenters. The average molecular weight is 195 g/mol. The molecule has 0 aliphatic heterocycles. The largest absolute Gasteiger partial charge is 0.252 e. The number of hydrogen-bond acceptors (Lipinski definition) is 3. The molecule has 6 heteroatoms. The molecular formula is C5H8Cl2N4. The van der Waals surface area contributed by atoms with E-state index in [-0.39, 0.29) is 24.8 Å². The molecule has 0 atom stereocenters. The lowest BCUT2D eigenvalue weighted by molar-refractivity contribution is 0.722. The fourth-order valence-corrected chi connectivity index (χ4v) is 0.551. The number of rotatable bonds is 1. The maximum Gasteiger partial charge on any atom is 0.140 e. The molecule has 11 heavy (non-hydrogen) atoms. The first kappa shape index (κ1) is 12.8. The van der Waals surface area contributed by atoms with Crippen molar-refractivity contribution in [3.8, 4) is 6.07 Å². The molecule has 0 radical (unpaired) electrons. The Labute approximate surface area is 77.1 Å². The van der Waals surface area contributed by atoms with Crippen molar-refractivity contribution < 1.29 is 0 Å². The Hall–Kier alpha value is -0.790. The summed E-state index contributed by atoms with van der Waals surface area (Å²) in [6, 6.07) is 1.99. The third kappa shape index (κ3) is 3.21. The molecule has 0 bridgehead atoms. The van der Waals surface area contributed by atoms with E-state index in [0.717, 1.165) is 0 Å². The van der Waals surface area contributed by atoms with Crippen molar-refractivity contribution in [2.24, 2.45) is 7.05 Å². The molecule has 1 aromatic rings. The summed E-state index contributed by atoms with van der Waals surface area (Å²) in [6.07, 6.45) is 1.77. The van der Waals surface area contributed by atoms with Crippen LogP contribution in [0.1, 0.15) is 5.82 Å². The molecular weight excluding hydrogens is 187 g/mol. The minimum absolute atomic E-state index is 0. The summed E-state index contributed by atoms with van der Waals surface area (Å²) in [5.41, 5.74) is 0. The summed E-state index contributed by atoms with van der Waals surface area (Å²) in [6.45, 7) is 0. The van der Waals surface area contributed by atoms with Gasteiger partial charge in [-0.25, -0.2) is 4.98 Å². The van der Waals surface area contributed by atoms with Gasteiger partial charge >= 0.3 is 0 Å². The van der Waals surface area contributed by atoms with E-state index in [1.54, 1.807) is 11.7 Å². The van der Waals surface area contributed by atoms with Gasteiger partial charge in [-0.05, 0) is 0 Å². The summed E-state index contributed by atoms with van der Waals surface area (Å²) >= 11 is 0. The third-order valence-corrected chi connectivity index (χ3v) is 1.04. The second-order valence-electron chi connectivity index (χ2n) is 1.63. The highest BCUT2D eigenvalue weighted by molar-refractivity contribution is 5.85. The van der Waals surface area contributed by atoms with Gasteiger partial charge in [0, 0.05) is 7.05 Å². The van der Waals surface area contributed by atoms with Gasteiger partial charge in [-0.15, -0.1) is 24.8 Å². The van der Waals surface area contributed by atoms with E-state index in [1.807, 2.05) is 6.07 Å². The maximum absolute atomic E-state index is 8.23. The van der Waals surface area contributed by atoms with Crippen LogP contribution < -0.4 is 0 Å². The lowest BCUT2D eigenvalue weighted by atomic mass is 10.4. The maximum atomic E-state index is 8.23. The van der Waals surface area contributed by atoms with Crippen LogP contribution in [-0.4, -0.2) is 14.8 Å². The summed E-state index contributed by atoms with van der Waals surface area (Å²) in [5, 5.41) is 12.0. The van der Waals surface area contributed by atoms with Crippen molar-refractivity contribution in [3.63, 3.8) is 0 Å². The van der Waals surface area contributed by atoms with Crippen LogP contribution in [0, 0.1) is 11.3 Å².